The lowest BCUT2D eigenvalue weighted by Gasteiger charge is -2.35. The van der Waals surface area contributed by atoms with Crippen molar-refractivity contribution >= 4 is 11.8 Å². The summed E-state index contributed by atoms with van der Waals surface area (Å²) in [6, 6.07) is 10.4. The number of carbonyl (C=O) groups is 2. The molecular weight excluding hydrogens is 331 g/mol. The van der Waals surface area contributed by atoms with Gasteiger partial charge >= 0.3 is 0 Å². The maximum Gasteiger partial charge on any atom is 0.254 e. The van der Waals surface area contributed by atoms with Crippen LogP contribution in [0.4, 0.5) is 4.39 Å². The van der Waals surface area contributed by atoms with E-state index in [1.807, 2.05) is 32.0 Å². The number of carbonyl (C=O) groups excluding carboxylic acids is 2. The Morgan fingerprint density at radius 2 is 1.27 bits per heavy atom. The fourth-order valence-corrected chi connectivity index (χ4v) is 3.30. The lowest BCUT2D eigenvalue weighted by molar-refractivity contribution is 0.0535. The maximum absolute atomic E-state index is 13.7. The highest BCUT2D eigenvalue weighted by atomic mass is 19.1. The van der Waals surface area contributed by atoms with Gasteiger partial charge in [-0.1, -0.05) is 23.3 Å². The Balaban J connectivity index is 1.65. The van der Waals surface area contributed by atoms with Crippen molar-refractivity contribution in [1.82, 2.24) is 9.80 Å². The molecular formula is C21H23FN2O2. The van der Waals surface area contributed by atoms with Gasteiger partial charge in [-0.2, -0.15) is 0 Å². The van der Waals surface area contributed by atoms with Crippen molar-refractivity contribution in [2.45, 2.75) is 20.8 Å². The van der Waals surface area contributed by atoms with Crippen molar-refractivity contribution in [3.05, 3.63) is 70.0 Å². The topological polar surface area (TPSA) is 40.6 Å². The van der Waals surface area contributed by atoms with Crippen molar-refractivity contribution in [3.8, 4) is 0 Å². The van der Waals surface area contributed by atoms with Crippen LogP contribution in [-0.2, 0) is 0 Å². The molecule has 0 unspecified atom stereocenters. The van der Waals surface area contributed by atoms with Gasteiger partial charge < -0.3 is 9.80 Å². The predicted octanol–water partition coefficient (Wildman–Crippen LogP) is 3.35. The van der Waals surface area contributed by atoms with Crippen molar-refractivity contribution in [3.63, 3.8) is 0 Å². The molecule has 4 nitrogen and oxygen atoms in total. The van der Waals surface area contributed by atoms with Gasteiger partial charge in [0, 0.05) is 37.3 Å². The average Bonchev–Trinajstić information content (AvgIpc) is 2.62. The van der Waals surface area contributed by atoms with Crippen molar-refractivity contribution in [2.75, 3.05) is 26.2 Å². The Labute approximate surface area is 153 Å². The maximum atomic E-state index is 13.7. The Kier molecular flexibility index (Phi) is 5.07. The molecule has 0 aromatic heterocycles. The van der Waals surface area contributed by atoms with E-state index in [1.165, 1.54) is 6.07 Å². The Hall–Kier alpha value is -2.69. The molecule has 1 saturated heterocycles. The van der Waals surface area contributed by atoms with Crippen molar-refractivity contribution < 1.29 is 14.0 Å². The minimum absolute atomic E-state index is 0.00900. The number of nitrogens with zero attached hydrogens (tertiary/aromatic N) is 2. The van der Waals surface area contributed by atoms with Gasteiger partial charge in [-0.15, -0.1) is 0 Å². The lowest BCUT2D eigenvalue weighted by atomic mass is 10.1. The summed E-state index contributed by atoms with van der Waals surface area (Å²) in [5.41, 5.74) is 3.67. The number of hydrogen-bond donors (Lipinski definition) is 0. The molecule has 0 atom stereocenters. The van der Waals surface area contributed by atoms with Crippen molar-refractivity contribution in [2.24, 2.45) is 0 Å². The normalized spacial score (nSPS) is 14.5. The van der Waals surface area contributed by atoms with Crippen LogP contribution in [0.3, 0.4) is 0 Å². The molecule has 0 N–H and O–H groups in total. The number of hydrogen-bond acceptors (Lipinski definition) is 2. The Morgan fingerprint density at radius 3 is 1.77 bits per heavy atom. The zero-order chi connectivity index (χ0) is 18.8. The van der Waals surface area contributed by atoms with E-state index >= 15 is 0 Å². The summed E-state index contributed by atoms with van der Waals surface area (Å²) in [7, 11) is 0. The molecule has 2 aromatic carbocycles. The summed E-state index contributed by atoms with van der Waals surface area (Å²) < 4.78 is 13.7. The highest BCUT2D eigenvalue weighted by Gasteiger charge is 2.26. The number of aryl methyl sites for hydroxylation is 3. The molecule has 0 bridgehead atoms. The molecule has 1 aliphatic rings. The lowest BCUT2D eigenvalue weighted by Crippen LogP contribution is -2.50. The Bertz CT molecular complexity index is 835. The molecule has 1 fully saturated rings. The van der Waals surface area contributed by atoms with Gasteiger partial charge in [-0.3, -0.25) is 9.59 Å². The van der Waals surface area contributed by atoms with E-state index in [9.17, 15) is 14.0 Å². The van der Waals surface area contributed by atoms with Gasteiger partial charge in [0.25, 0.3) is 11.8 Å². The van der Waals surface area contributed by atoms with E-state index in [0.29, 0.717) is 42.9 Å². The Morgan fingerprint density at radius 1 is 0.769 bits per heavy atom. The smallest absolute Gasteiger partial charge is 0.254 e. The minimum atomic E-state index is -0.375. The van der Waals surface area contributed by atoms with Crippen molar-refractivity contribution in [1.29, 1.82) is 0 Å². The summed E-state index contributed by atoms with van der Waals surface area (Å²) in [5, 5.41) is 0. The van der Waals surface area contributed by atoms with Gasteiger partial charge in [0.2, 0.25) is 0 Å². The second kappa shape index (κ2) is 7.28. The van der Waals surface area contributed by atoms with Gasteiger partial charge in [0.05, 0.1) is 0 Å². The molecule has 1 aliphatic heterocycles. The fourth-order valence-electron chi connectivity index (χ4n) is 3.30. The minimum Gasteiger partial charge on any atom is -0.335 e. The number of piperazine rings is 1. The van der Waals surface area contributed by atoms with Gasteiger partial charge in [-0.05, 0) is 50.6 Å². The quantitative estimate of drug-likeness (QED) is 0.830. The van der Waals surface area contributed by atoms with E-state index < -0.39 is 0 Å². The van der Waals surface area contributed by atoms with Crippen LogP contribution < -0.4 is 0 Å². The van der Waals surface area contributed by atoms with Gasteiger partial charge in [0.1, 0.15) is 5.82 Å². The zero-order valence-corrected chi connectivity index (χ0v) is 15.4. The standard InChI is InChI=1S/C21H23FN2O2/c1-14-10-15(2)12-18(11-14)21(26)24-8-6-23(7-9-24)20(25)17-5-4-16(3)19(22)13-17/h4-5,10-13H,6-9H2,1-3H3. The molecule has 5 heteroatoms. The van der Waals surface area contributed by atoms with Crippen LogP contribution >= 0.6 is 0 Å². The SMILES string of the molecule is Cc1cc(C)cc(C(=O)N2CCN(C(=O)c3ccc(C)c(F)c3)CC2)c1. The molecule has 0 aliphatic carbocycles. The van der Waals surface area contributed by atoms with Gasteiger partial charge in [0.15, 0.2) is 0 Å². The summed E-state index contributed by atoms with van der Waals surface area (Å²) >= 11 is 0. The summed E-state index contributed by atoms with van der Waals surface area (Å²) in [6.07, 6.45) is 0. The second-order valence-electron chi connectivity index (χ2n) is 6.92. The molecule has 3 rings (SSSR count). The molecule has 0 spiro atoms. The molecule has 136 valence electrons. The van der Waals surface area contributed by atoms with Gasteiger partial charge in [-0.25, -0.2) is 4.39 Å². The average molecular weight is 354 g/mol. The third-order valence-electron chi connectivity index (χ3n) is 4.74. The van der Waals surface area contributed by atoms with E-state index in [0.717, 1.165) is 11.1 Å². The molecule has 2 aromatic rings. The highest BCUT2D eigenvalue weighted by Crippen LogP contribution is 2.16. The molecule has 2 amide bonds. The van der Waals surface area contributed by atoms with Crippen LogP contribution in [-0.4, -0.2) is 47.8 Å². The number of amides is 2. The zero-order valence-electron chi connectivity index (χ0n) is 15.4. The summed E-state index contributed by atoms with van der Waals surface area (Å²) in [4.78, 5) is 28.7. The highest BCUT2D eigenvalue weighted by molar-refractivity contribution is 5.96. The summed E-state index contributed by atoms with van der Waals surface area (Å²) in [6.45, 7) is 7.47. The van der Waals surface area contributed by atoms with E-state index in [2.05, 4.69) is 0 Å². The molecule has 26 heavy (non-hydrogen) atoms. The predicted molar refractivity (Wildman–Crippen MR) is 98.9 cm³/mol. The second-order valence-corrected chi connectivity index (χ2v) is 6.92. The number of benzene rings is 2. The monoisotopic (exact) mass is 354 g/mol. The summed E-state index contributed by atoms with van der Waals surface area (Å²) in [5.74, 6) is -0.577. The molecule has 1 heterocycles. The van der Waals surface area contributed by atoms with E-state index in [4.69, 9.17) is 0 Å². The fraction of sp³-hybridized carbons (Fsp3) is 0.333. The third kappa shape index (κ3) is 3.77. The van der Waals surface area contributed by atoms with Crippen LogP contribution in [0.15, 0.2) is 36.4 Å². The first-order valence-electron chi connectivity index (χ1n) is 8.78. The molecule has 0 saturated carbocycles. The van der Waals surface area contributed by atoms with Crippen LogP contribution in [0.1, 0.15) is 37.4 Å². The number of rotatable bonds is 2. The first-order chi connectivity index (χ1) is 12.3. The number of halogens is 1. The molecule has 0 radical (unpaired) electrons. The first kappa shape index (κ1) is 18.1. The van der Waals surface area contributed by atoms with Crippen LogP contribution in [0.5, 0.6) is 0 Å². The van der Waals surface area contributed by atoms with Crippen LogP contribution in [0.2, 0.25) is 0 Å². The van der Waals surface area contributed by atoms with Crippen LogP contribution in [0.25, 0.3) is 0 Å². The van der Waals surface area contributed by atoms with Crippen LogP contribution in [0, 0.1) is 26.6 Å². The van der Waals surface area contributed by atoms with E-state index in [1.54, 1.807) is 28.9 Å². The largest absolute Gasteiger partial charge is 0.335 e. The first-order valence-corrected chi connectivity index (χ1v) is 8.78. The van der Waals surface area contributed by atoms with E-state index in [-0.39, 0.29) is 17.6 Å². The third-order valence-corrected chi connectivity index (χ3v) is 4.74.